The zero-order chi connectivity index (χ0) is 40.1. The maximum Gasteiger partial charge on any atom is 0.333 e. The molecule has 0 bridgehead atoms. The molecule has 12 nitrogen and oxygen atoms in total. The van der Waals surface area contributed by atoms with Gasteiger partial charge in [0.25, 0.3) is 18.3 Å². The highest BCUT2D eigenvalue weighted by Crippen LogP contribution is 2.59. The Morgan fingerprint density at radius 3 is 2.35 bits per heavy atom. The number of esters is 1. The van der Waals surface area contributed by atoms with Crippen molar-refractivity contribution in [1.82, 2.24) is 29.4 Å². The van der Waals surface area contributed by atoms with Gasteiger partial charge in [-0.1, -0.05) is 41.9 Å². The molecule has 3 heterocycles. The molecule has 6 rings (SSSR count). The van der Waals surface area contributed by atoms with Gasteiger partial charge in [0.15, 0.2) is 17.3 Å². The Balaban J connectivity index is 1.42. The van der Waals surface area contributed by atoms with Crippen molar-refractivity contribution in [3.63, 3.8) is 0 Å². The summed E-state index contributed by atoms with van der Waals surface area (Å²) in [5, 5.41) is 17.5. The van der Waals surface area contributed by atoms with Crippen molar-refractivity contribution in [3.05, 3.63) is 83.2 Å². The molecule has 0 saturated heterocycles. The van der Waals surface area contributed by atoms with E-state index < -0.39 is 72.0 Å². The van der Waals surface area contributed by atoms with Gasteiger partial charge in [0.2, 0.25) is 0 Å². The van der Waals surface area contributed by atoms with E-state index in [0.717, 1.165) is 29.0 Å². The van der Waals surface area contributed by atoms with E-state index in [4.69, 9.17) is 22.1 Å². The van der Waals surface area contributed by atoms with Crippen molar-refractivity contribution in [3.8, 4) is 22.9 Å². The Morgan fingerprint density at radius 2 is 1.76 bits per heavy atom. The first kappa shape index (κ1) is 39.3. The van der Waals surface area contributed by atoms with Crippen LogP contribution in [-0.2, 0) is 19.9 Å². The van der Waals surface area contributed by atoms with Crippen molar-refractivity contribution in [2.45, 2.75) is 76.9 Å². The summed E-state index contributed by atoms with van der Waals surface area (Å²) in [7, 11) is 0. The Kier molecular flexibility index (Phi) is 10.2. The molecular formula is C36H34ClF6N9O3. The molecule has 1 fully saturated rings. The number of alkyl halides is 6. The highest BCUT2D eigenvalue weighted by molar-refractivity contribution is 6.32. The first-order chi connectivity index (χ1) is 25.8. The van der Waals surface area contributed by atoms with Crippen LogP contribution >= 0.6 is 11.6 Å². The lowest BCUT2D eigenvalue weighted by molar-refractivity contribution is -0.153. The molecule has 4 aromatic rings. The third kappa shape index (κ3) is 7.49. The molecule has 1 saturated carbocycles. The number of guanidine groups is 1. The summed E-state index contributed by atoms with van der Waals surface area (Å²) in [5.41, 5.74) is 3.10. The maximum atomic E-state index is 15.0. The molecule has 1 amide bonds. The van der Waals surface area contributed by atoms with Gasteiger partial charge in [0.05, 0.1) is 40.9 Å². The fraction of sp³-hybridized carbons (Fsp3) is 0.417. The van der Waals surface area contributed by atoms with Gasteiger partial charge in [0, 0.05) is 23.6 Å². The quantitative estimate of drug-likeness (QED) is 0.102. The smallest absolute Gasteiger partial charge is 0.333 e. The number of amides is 1. The molecule has 2 aromatic heterocycles. The Morgan fingerprint density at radius 1 is 1.07 bits per heavy atom. The summed E-state index contributed by atoms with van der Waals surface area (Å²) >= 11 is 6.43. The second-order valence-electron chi connectivity index (χ2n) is 14.3. The van der Waals surface area contributed by atoms with Gasteiger partial charge in [-0.3, -0.25) is 14.5 Å². The van der Waals surface area contributed by atoms with Crippen LogP contribution in [0.5, 0.6) is 0 Å². The van der Waals surface area contributed by atoms with E-state index in [2.05, 4.69) is 26.2 Å². The largest absolute Gasteiger partial charge is 0.463 e. The number of nitriles is 1. The van der Waals surface area contributed by atoms with Gasteiger partial charge in [-0.15, -0.1) is 0 Å². The van der Waals surface area contributed by atoms with Gasteiger partial charge < -0.3 is 10.5 Å². The topological polar surface area (TPSA) is 157 Å². The second-order valence-corrected chi connectivity index (χ2v) is 14.7. The molecule has 55 heavy (non-hydrogen) atoms. The summed E-state index contributed by atoms with van der Waals surface area (Å²) in [4.78, 5) is 37.3. The van der Waals surface area contributed by atoms with Crippen LogP contribution in [0.15, 0.2) is 66.2 Å². The van der Waals surface area contributed by atoms with E-state index in [1.807, 2.05) is 0 Å². The predicted molar refractivity (Wildman–Crippen MR) is 185 cm³/mol. The number of carbonyl (C=O) groups is 2. The number of aliphatic imine (C=N–C) groups is 1. The number of hydrogen-bond donors (Lipinski definition) is 1. The number of ether oxygens (including phenoxy) is 1. The first-order valence-corrected chi connectivity index (χ1v) is 17.2. The summed E-state index contributed by atoms with van der Waals surface area (Å²) < 4.78 is 89.7. The van der Waals surface area contributed by atoms with Crippen LogP contribution in [0, 0.1) is 22.2 Å². The summed E-state index contributed by atoms with van der Waals surface area (Å²) in [5.74, 6) is -6.01. The van der Waals surface area contributed by atoms with E-state index in [1.165, 1.54) is 36.5 Å². The SMILES string of the molecule is CC(C)(C#N)C[C@]1(c2ccc(-c3cnn(C(F)F)c3)cc2)N=C(N)N([C@H](COC(=O)CC2(C(C)(F)F)CC2)c2ccc(Cl)c(-n3ncnc3C(F)F)c2)C1=O. The molecule has 290 valence electrons. The Hall–Kier alpha value is -5.44. The lowest BCUT2D eigenvalue weighted by atomic mass is 9.75. The fourth-order valence-electron chi connectivity index (χ4n) is 6.74. The van der Waals surface area contributed by atoms with E-state index in [0.29, 0.717) is 15.8 Å². The highest BCUT2D eigenvalue weighted by atomic mass is 35.5. The van der Waals surface area contributed by atoms with Crippen molar-refractivity contribution in [2.75, 3.05) is 6.61 Å². The molecule has 0 radical (unpaired) electrons. The van der Waals surface area contributed by atoms with Crippen molar-refractivity contribution < 1.29 is 40.7 Å². The van der Waals surface area contributed by atoms with Gasteiger partial charge in [-0.25, -0.2) is 36.9 Å². The molecule has 2 aromatic carbocycles. The van der Waals surface area contributed by atoms with Crippen LogP contribution in [0.4, 0.5) is 26.3 Å². The predicted octanol–water partition coefficient (Wildman–Crippen LogP) is 7.52. The average molecular weight is 790 g/mol. The van der Waals surface area contributed by atoms with E-state index in [9.17, 15) is 41.2 Å². The van der Waals surface area contributed by atoms with Gasteiger partial charge in [0.1, 0.15) is 12.9 Å². The van der Waals surface area contributed by atoms with Crippen molar-refractivity contribution in [2.24, 2.45) is 21.6 Å². The van der Waals surface area contributed by atoms with Gasteiger partial charge >= 0.3 is 12.5 Å². The molecule has 2 N–H and O–H groups in total. The van der Waals surface area contributed by atoms with Crippen LogP contribution in [0.1, 0.15) is 82.4 Å². The Bertz CT molecular complexity index is 2170. The van der Waals surface area contributed by atoms with Crippen LogP contribution in [0.3, 0.4) is 0 Å². The third-order valence-corrected chi connectivity index (χ3v) is 10.3. The zero-order valence-corrected chi connectivity index (χ0v) is 30.3. The maximum absolute atomic E-state index is 15.0. The third-order valence-electron chi connectivity index (χ3n) is 9.96. The average Bonchev–Trinajstić information content (AvgIpc) is 3.43. The molecule has 2 atom stereocenters. The minimum atomic E-state index is -3.16. The van der Waals surface area contributed by atoms with Crippen molar-refractivity contribution >= 4 is 29.4 Å². The van der Waals surface area contributed by atoms with Gasteiger partial charge in [-0.05, 0) is 62.4 Å². The van der Waals surface area contributed by atoms with Crippen LogP contribution < -0.4 is 5.73 Å². The van der Waals surface area contributed by atoms with Crippen LogP contribution in [0.25, 0.3) is 16.8 Å². The molecule has 0 unspecified atom stereocenters. The normalized spacial score (nSPS) is 18.8. The summed E-state index contributed by atoms with van der Waals surface area (Å²) in [6.45, 7) is 0.401. The Labute approximate surface area is 315 Å². The summed E-state index contributed by atoms with van der Waals surface area (Å²) in [6, 6.07) is 11.1. The molecule has 1 aliphatic carbocycles. The van der Waals surface area contributed by atoms with E-state index >= 15 is 0 Å². The van der Waals surface area contributed by atoms with Crippen LogP contribution in [0.2, 0.25) is 5.02 Å². The monoisotopic (exact) mass is 789 g/mol. The number of benzene rings is 2. The van der Waals surface area contributed by atoms with Gasteiger partial charge in [-0.2, -0.15) is 24.2 Å². The molecule has 0 spiro atoms. The molecular weight excluding hydrogens is 756 g/mol. The standard InChI is InChI=1S/C36H34ClF6N9O3/c1-33(2,18-44)17-36(23-7-4-20(5-8-23)22-14-47-50(15-22)31(40)41)30(54)51(32(45)49-36)26(16-55-27(53)13-35(10-11-35)34(3,42)43)21-6-9-24(37)25(12-21)52-29(28(38)39)46-19-48-52/h4-9,12,14-15,19,26,28,31H,10-11,13,16-17H2,1-3H3,(H2,45,49)/t26-,36-/m1/s1. The van der Waals surface area contributed by atoms with E-state index in [-0.39, 0.29) is 47.1 Å². The summed E-state index contributed by atoms with van der Waals surface area (Å²) in [6.07, 6.45) is -0.360. The number of rotatable bonds is 14. The van der Waals surface area contributed by atoms with E-state index in [1.54, 1.807) is 26.0 Å². The number of aromatic nitrogens is 5. The lowest BCUT2D eigenvalue weighted by Crippen LogP contribution is -2.47. The highest BCUT2D eigenvalue weighted by Gasteiger charge is 2.60. The number of nitrogens with two attached hydrogens (primary N) is 1. The molecule has 1 aliphatic heterocycles. The zero-order valence-electron chi connectivity index (χ0n) is 29.6. The molecule has 2 aliphatic rings. The van der Waals surface area contributed by atoms with Crippen LogP contribution in [-0.4, -0.2) is 59.8 Å². The number of carbonyl (C=O) groups excluding carboxylic acids is 2. The second kappa shape index (κ2) is 14.3. The number of hydrogen-bond acceptors (Lipinski definition) is 9. The first-order valence-electron chi connectivity index (χ1n) is 16.9. The minimum Gasteiger partial charge on any atom is -0.463 e. The fourth-order valence-corrected chi connectivity index (χ4v) is 6.94. The number of halogens is 7. The minimum absolute atomic E-state index is 0.0357. The van der Waals surface area contributed by atoms with Crippen molar-refractivity contribution in [1.29, 1.82) is 5.26 Å². The number of nitrogens with zero attached hydrogens (tertiary/aromatic N) is 8. The lowest BCUT2D eigenvalue weighted by Gasteiger charge is -2.34. The molecule has 19 heteroatoms.